The summed E-state index contributed by atoms with van der Waals surface area (Å²) in [5.41, 5.74) is 1.93. The zero-order chi connectivity index (χ0) is 17.8. The molecule has 2 aromatic heterocycles. The van der Waals surface area contributed by atoms with E-state index in [0.29, 0.717) is 28.8 Å². The lowest BCUT2D eigenvalue weighted by Gasteiger charge is -2.06. The fourth-order valence-electron chi connectivity index (χ4n) is 2.12. The molecule has 0 aliphatic rings. The summed E-state index contributed by atoms with van der Waals surface area (Å²) in [5.74, 6) is 1.63. The summed E-state index contributed by atoms with van der Waals surface area (Å²) >= 11 is 0. The van der Waals surface area contributed by atoms with Gasteiger partial charge in [-0.15, -0.1) is 0 Å². The number of ether oxygens (including phenoxy) is 1. The van der Waals surface area contributed by atoms with E-state index in [2.05, 4.69) is 25.7 Å². The zero-order valence-corrected chi connectivity index (χ0v) is 14.2. The van der Waals surface area contributed by atoms with Crippen LogP contribution in [0.15, 0.2) is 34.9 Å². The molecule has 0 radical (unpaired) electrons. The number of aryl methyl sites for hydroxylation is 1. The number of hydrogen-bond acceptors (Lipinski definition) is 6. The first-order valence-corrected chi connectivity index (χ1v) is 7.90. The van der Waals surface area contributed by atoms with E-state index < -0.39 is 0 Å². The van der Waals surface area contributed by atoms with E-state index in [4.69, 9.17) is 9.26 Å². The minimum Gasteiger partial charge on any atom is -0.484 e. The topological polar surface area (TPSA) is 106 Å². The minimum atomic E-state index is -0.266. The van der Waals surface area contributed by atoms with E-state index in [1.165, 1.54) is 0 Å². The number of hydrogen-bond donors (Lipinski definition) is 2. The molecule has 0 aliphatic carbocycles. The van der Waals surface area contributed by atoms with Crippen molar-refractivity contribution in [1.82, 2.24) is 20.3 Å². The Balaban J connectivity index is 1.57. The molecule has 0 saturated carbocycles. The fraction of sp³-hybridized carbons (Fsp3) is 0.294. The van der Waals surface area contributed by atoms with Crippen molar-refractivity contribution < 1.29 is 14.1 Å². The highest BCUT2D eigenvalue weighted by Crippen LogP contribution is 2.18. The van der Waals surface area contributed by atoms with E-state index >= 15 is 0 Å². The average Bonchev–Trinajstić information content (AvgIpc) is 3.23. The molecule has 3 rings (SSSR count). The van der Waals surface area contributed by atoms with E-state index in [9.17, 15) is 4.79 Å². The first kappa shape index (κ1) is 16.7. The van der Waals surface area contributed by atoms with Crippen LogP contribution in [-0.2, 0) is 6.61 Å². The van der Waals surface area contributed by atoms with Gasteiger partial charge in [-0.05, 0) is 43.2 Å². The van der Waals surface area contributed by atoms with Gasteiger partial charge < -0.3 is 14.6 Å². The number of aromatic nitrogens is 4. The second-order valence-electron chi connectivity index (χ2n) is 5.87. The third kappa shape index (κ3) is 4.23. The molecular weight excluding hydrogens is 322 g/mol. The molecule has 1 aromatic carbocycles. The Kier molecular flexibility index (Phi) is 4.78. The molecule has 8 heteroatoms. The summed E-state index contributed by atoms with van der Waals surface area (Å²) in [6, 6.07) is 8.76. The van der Waals surface area contributed by atoms with Crippen LogP contribution < -0.4 is 10.1 Å². The Bertz CT molecular complexity index is 851. The third-order valence-corrected chi connectivity index (χ3v) is 3.50. The summed E-state index contributed by atoms with van der Waals surface area (Å²) < 4.78 is 10.5. The molecule has 1 amide bonds. The molecule has 130 valence electrons. The predicted molar refractivity (Wildman–Crippen MR) is 90.4 cm³/mol. The molecule has 0 atom stereocenters. The van der Waals surface area contributed by atoms with Gasteiger partial charge >= 0.3 is 0 Å². The molecule has 3 aromatic rings. The van der Waals surface area contributed by atoms with Gasteiger partial charge in [0.1, 0.15) is 5.75 Å². The van der Waals surface area contributed by atoms with Crippen molar-refractivity contribution in [2.24, 2.45) is 0 Å². The smallest absolute Gasteiger partial charge is 0.276 e. The van der Waals surface area contributed by atoms with E-state index in [-0.39, 0.29) is 18.4 Å². The molecule has 8 nitrogen and oxygen atoms in total. The minimum absolute atomic E-state index is 0.192. The monoisotopic (exact) mass is 341 g/mol. The fourth-order valence-corrected chi connectivity index (χ4v) is 2.12. The standard InChI is InChI=1S/C17H19N5O3/c1-10(2)14-8-15(21-20-14)17(23)19-12-4-6-13(7-5-12)24-9-16-18-11(3)22-25-16/h4-8,10H,9H2,1-3H3,(H,19,23)(H,20,21). The van der Waals surface area contributed by atoms with Crippen LogP contribution in [0.25, 0.3) is 0 Å². The van der Waals surface area contributed by atoms with E-state index in [1.54, 1.807) is 37.3 Å². The van der Waals surface area contributed by atoms with Crippen molar-refractivity contribution in [3.05, 3.63) is 53.4 Å². The summed E-state index contributed by atoms with van der Waals surface area (Å²) in [4.78, 5) is 16.3. The second-order valence-corrected chi connectivity index (χ2v) is 5.87. The lowest BCUT2D eigenvalue weighted by molar-refractivity contribution is 0.102. The number of benzene rings is 1. The van der Waals surface area contributed by atoms with Gasteiger partial charge in [-0.3, -0.25) is 9.89 Å². The Hall–Kier alpha value is -3.16. The number of rotatable bonds is 6. The van der Waals surface area contributed by atoms with E-state index in [0.717, 1.165) is 5.69 Å². The number of nitrogens with zero attached hydrogens (tertiary/aromatic N) is 3. The van der Waals surface area contributed by atoms with Crippen LogP contribution in [0.3, 0.4) is 0 Å². The van der Waals surface area contributed by atoms with Crippen LogP contribution in [0.2, 0.25) is 0 Å². The lowest BCUT2D eigenvalue weighted by atomic mass is 10.1. The molecule has 0 saturated heterocycles. The summed E-state index contributed by atoms with van der Waals surface area (Å²) in [7, 11) is 0. The number of amides is 1. The van der Waals surface area contributed by atoms with Crippen LogP contribution in [0.5, 0.6) is 5.75 Å². The van der Waals surface area contributed by atoms with Gasteiger partial charge in [0.15, 0.2) is 18.1 Å². The Morgan fingerprint density at radius 2 is 2.08 bits per heavy atom. The first-order valence-electron chi connectivity index (χ1n) is 7.90. The van der Waals surface area contributed by atoms with Crippen LogP contribution in [-0.4, -0.2) is 26.2 Å². The molecule has 0 bridgehead atoms. The van der Waals surface area contributed by atoms with Crippen LogP contribution >= 0.6 is 0 Å². The zero-order valence-electron chi connectivity index (χ0n) is 14.2. The molecule has 2 heterocycles. The van der Waals surface area contributed by atoms with Gasteiger partial charge in [0.25, 0.3) is 11.8 Å². The van der Waals surface area contributed by atoms with E-state index in [1.807, 2.05) is 13.8 Å². The Morgan fingerprint density at radius 1 is 1.32 bits per heavy atom. The highest BCUT2D eigenvalue weighted by atomic mass is 16.5. The SMILES string of the molecule is Cc1noc(COc2ccc(NC(=O)c3cc(C(C)C)[nH]n3)cc2)n1. The van der Waals surface area contributed by atoms with Crippen molar-refractivity contribution in [3.63, 3.8) is 0 Å². The maximum atomic E-state index is 12.2. The number of carbonyl (C=O) groups is 1. The number of anilines is 1. The van der Waals surface area contributed by atoms with Gasteiger partial charge in [-0.2, -0.15) is 10.1 Å². The van der Waals surface area contributed by atoms with Gasteiger partial charge in [0.2, 0.25) is 0 Å². The van der Waals surface area contributed by atoms with Crippen molar-refractivity contribution >= 4 is 11.6 Å². The maximum absolute atomic E-state index is 12.2. The molecular formula is C17H19N5O3. The number of carbonyl (C=O) groups excluding carboxylic acids is 1. The van der Waals surface area contributed by atoms with Gasteiger partial charge in [-0.25, -0.2) is 0 Å². The molecule has 25 heavy (non-hydrogen) atoms. The van der Waals surface area contributed by atoms with Crippen molar-refractivity contribution in [2.45, 2.75) is 33.3 Å². The summed E-state index contributed by atoms with van der Waals surface area (Å²) in [5, 5.41) is 13.4. The van der Waals surface area contributed by atoms with Gasteiger partial charge in [-0.1, -0.05) is 19.0 Å². The number of nitrogens with one attached hydrogen (secondary N) is 2. The third-order valence-electron chi connectivity index (χ3n) is 3.50. The van der Waals surface area contributed by atoms with Crippen LogP contribution in [0.1, 0.15) is 47.7 Å². The second kappa shape index (κ2) is 7.16. The van der Waals surface area contributed by atoms with Crippen molar-refractivity contribution in [2.75, 3.05) is 5.32 Å². The van der Waals surface area contributed by atoms with Crippen molar-refractivity contribution in [1.29, 1.82) is 0 Å². The van der Waals surface area contributed by atoms with Crippen molar-refractivity contribution in [3.8, 4) is 5.75 Å². The van der Waals surface area contributed by atoms with Crippen LogP contribution in [0.4, 0.5) is 5.69 Å². The highest BCUT2D eigenvalue weighted by Gasteiger charge is 2.12. The van der Waals surface area contributed by atoms with Gasteiger partial charge in [0.05, 0.1) is 0 Å². The Labute approximate surface area is 144 Å². The van der Waals surface area contributed by atoms with Crippen LogP contribution in [0, 0.1) is 6.92 Å². The largest absolute Gasteiger partial charge is 0.484 e. The molecule has 0 unspecified atom stereocenters. The normalized spacial score (nSPS) is 10.9. The maximum Gasteiger partial charge on any atom is 0.276 e. The number of H-pyrrole nitrogens is 1. The molecule has 2 N–H and O–H groups in total. The average molecular weight is 341 g/mol. The number of aromatic amines is 1. The summed E-state index contributed by atoms with van der Waals surface area (Å²) in [6.07, 6.45) is 0. The van der Waals surface area contributed by atoms with Gasteiger partial charge in [0, 0.05) is 11.4 Å². The lowest BCUT2D eigenvalue weighted by Crippen LogP contribution is -2.12. The highest BCUT2D eigenvalue weighted by molar-refractivity contribution is 6.02. The predicted octanol–water partition coefficient (Wildman–Crippen LogP) is 3.06. The first-order chi connectivity index (χ1) is 12.0. The summed E-state index contributed by atoms with van der Waals surface area (Å²) in [6.45, 7) is 6.00. The molecule has 0 aliphatic heterocycles. The molecule has 0 fully saturated rings. The molecule has 0 spiro atoms. The Morgan fingerprint density at radius 3 is 2.68 bits per heavy atom. The quantitative estimate of drug-likeness (QED) is 0.714.